The molecule has 0 aromatic heterocycles. The van der Waals surface area contributed by atoms with Gasteiger partial charge in [-0.15, -0.1) is 0 Å². The smallest absolute Gasteiger partial charge is 0.396 e. The molecular formula is C15H18F3NO2. The standard InChI is InChI=1S/C15H18F3NO2/c1-2-12(8-9-20)19-14(21)10-13(15(16,17)18)11-6-4-3-5-7-11/h3-7,10,12,20H,2,8-9H2,1H3,(H,19,21)/b13-10-. The Labute approximate surface area is 121 Å². The van der Waals surface area contributed by atoms with Crippen molar-refractivity contribution < 1.29 is 23.1 Å². The molecular weight excluding hydrogens is 283 g/mol. The van der Waals surface area contributed by atoms with Crippen LogP contribution >= 0.6 is 0 Å². The van der Waals surface area contributed by atoms with E-state index in [1.807, 2.05) is 0 Å². The second-order valence-corrected chi connectivity index (χ2v) is 4.55. The lowest BCUT2D eigenvalue weighted by Gasteiger charge is -2.16. The summed E-state index contributed by atoms with van der Waals surface area (Å²) < 4.78 is 39.1. The van der Waals surface area contributed by atoms with Crippen molar-refractivity contribution >= 4 is 11.5 Å². The molecule has 1 aromatic carbocycles. The van der Waals surface area contributed by atoms with Crippen molar-refractivity contribution in [1.82, 2.24) is 5.32 Å². The fourth-order valence-electron chi connectivity index (χ4n) is 1.85. The minimum atomic E-state index is -4.61. The number of carbonyl (C=O) groups is 1. The van der Waals surface area contributed by atoms with Gasteiger partial charge in [0.05, 0.1) is 5.57 Å². The van der Waals surface area contributed by atoms with Crippen molar-refractivity contribution in [2.24, 2.45) is 0 Å². The molecule has 0 aliphatic heterocycles. The van der Waals surface area contributed by atoms with Gasteiger partial charge in [-0.05, 0) is 18.4 Å². The number of hydrogen-bond donors (Lipinski definition) is 2. The van der Waals surface area contributed by atoms with Crippen molar-refractivity contribution in [3.63, 3.8) is 0 Å². The van der Waals surface area contributed by atoms with Crippen LogP contribution in [0.5, 0.6) is 0 Å². The lowest BCUT2D eigenvalue weighted by Crippen LogP contribution is -2.34. The van der Waals surface area contributed by atoms with E-state index in [4.69, 9.17) is 5.11 Å². The third kappa shape index (κ3) is 5.59. The SMILES string of the molecule is CCC(CCO)NC(=O)/C=C(/c1ccccc1)C(F)(F)F. The number of carbonyl (C=O) groups excluding carboxylic acids is 1. The Morgan fingerprint density at radius 2 is 1.95 bits per heavy atom. The molecule has 1 aromatic rings. The largest absolute Gasteiger partial charge is 0.417 e. The highest BCUT2D eigenvalue weighted by Crippen LogP contribution is 2.33. The summed E-state index contributed by atoms with van der Waals surface area (Å²) in [5.74, 6) is -0.813. The van der Waals surface area contributed by atoms with Crippen molar-refractivity contribution in [3.8, 4) is 0 Å². The second-order valence-electron chi connectivity index (χ2n) is 4.55. The number of aliphatic hydroxyl groups excluding tert-OH is 1. The molecule has 2 N–H and O–H groups in total. The van der Waals surface area contributed by atoms with Gasteiger partial charge in [-0.1, -0.05) is 37.3 Å². The fraction of sp³-hybridized carbons (Fsp3) is 0.400. The third-order valence-corrected chi connectivity index (χ3v) is 2.98. The van der Waals surface area contributed by atoms with E-state index >= 15 is 0 Å². The molecule has 0 saturated carbocycles. The Morgan fingerprint density at radius 3 is 2.43 bits per heavy atom. The first-order valence-electron chi connectivity index (χ1n) is 6.64. The first-order valence-corrected chi connectivity index (χ1v) is 6.64. The number of alkyl halides is 3. The Kier molecular flexibility index (Phi) is 6.42. The Morgan fingerprint density at radius 1 is 1.33 bits per heavy atom. The molecule has 116 valence electrons. The highest BCUT2D eigenvalue weighted by Gasteiger charge is 2.35. The molecule has 0 bridgehead atoms. The molecule has 1 atom stereocenters. The Bertz CT molecular complexity index is 483. The second kappa shape index (κ2) is 7.83. The van der Waals surface area contributed by atoms with Gasteiger partial charge in [0.2, 0.25) is 5.91 Å². The van der Waals surface area contributed by atoms with E-state index in [0.717, 1.165) is 0 Å². The number of hydrogen-bond acceptors (Lipinski definition) is 2. The highest BCUT2D eigenvalue weighted by atomic mass is 19.4. The lowest BCUT2D eigenvalue weighted by atomic mass is 10.0. The van der Waals surface area contributed by atoms with E-state index in [2.05, 4.69) is 5.32 Å². The summed E-state index contributed by atoms with van der Waals surface area (Å²) in [4.78, 5) is 11.7. The van der Waals surface area contributed by atoms with E-state index < -0.39 is 17.7 Å². The summed E-state index contributed by atoms with van der Waals surface area (Å²) >= 11 is 0. The average molecular weight is 301 g/mol. The van der Waals surface area contributed by atoms with Gasteiger partial charge in [-0.25, -0.2) is 0 Å². The van der Waals surface area contributed by atoms with E-state index in [-0.39, 0.29) is 18.2 Å². The number of amides is 1. The van der Waals surface area contributed by atoms with Crippen LogP contribution < -0.4 is 5.32 Å². The van der Waals surface area contributed by atoms with E-state index in [1.165, 1.54) is 24.3 Å². The Hall–Kier alpha value is -1.82. The molecule has 6 heteroatoms. The zero-order chi connectivity index (χ0) is 15.9. The first-order chi connectivity index (χ1) is 9.88. The molecule has 0 aliphatic rings. The maximum atomic E-state index is 13.0. The number of aliphatic hydroxyl groups is 1. The number of nitrogens with one attached hydrogen (secondary N) is 1. The molecule has 0 fully saturated rings. The lowest BCUT2D eigenvalue weighted by molar-refractivity contribution is -0.117. The van der Waals surface area contributed by atoms with Crippen LogP contribution in [0.2, 0.25) is 0 Å². The number of benzene rings is 1. The normalized spacial score (nSPS) is 13.9. The van der Waals surface area contributed by atoms with E-state index in [1.54, 1.807) is 13.0 Å². The fourth-order valence-corrected chi connectivity index (χ4v) is 1.85. The molecule has 0 spiro atoms. The maximum absolute atomic E-state index is 13.0. The number of rotatable bonds is 6. The van der Waals surface area contributed by atoms with Crippen LogP contribution in [0, 0.1) is 0 Å². The quantitative estimate of drug-likeness (QED) is 0.794. The molecule has 1 amide bonds. The minimum Gasteiger partial charge on any atom is -0.396 e. The zero-order valence-electron chi connectivity index (χ0n) is 11.7. The van der Waals surface area contributed by atoms with Crippen LogP contribution in [-0.2, 0) is 4.79 Å². The summed E-state index contributed by atoms with van der Waals surface area (Å²) in [5.41, 5.74) is -1.05. The molecule has 0 aliphatic carbocycles. The predicted octanol–water partition coefficient (Wildman–Crippen LogP) is 2.91. The van der Waals surface area contributed by atoms with E-state index in [9.17, 15) is 18.0 Å². The number of allylic oxidation sites excluding steroid dienone is 1. The van der Waals surface area contributed by atoms with Gasteiger partial charge in [0.1, 0.15) is 0 Å². The monoisotopic (exact) mass is 301 g/mol. The molecule has 1 unspecified atom stereocenters. The van der Waals surface area contributed by atoms with Gasteiger partial charge in [-0.2, -0.15) is 13.2 Å². The van der Waals surface area contributed by atoms with Gasteiger partial charge in [0, 0.05) is 18.7 Å². The van der Waals surface area contributed by atoms with Crippen molar-refractivity contribution in [1.29, 1.82) is 0 Å². The van der Waals surface area contributed by atoms with Crippen LogP contribution in [0.25, 0.3) is 5.57 Å². The van der Waals surface area contributed by atoms with Gasteiger partial charge < -0.3 is 10.4 Å². The van der Waals surface area contributed by atoms with Crippen LogP contribution in [0.15, 0.2) is 36.4 Å². The van der Waals surface area contributed by atoms with Crippen molar-refractivity contribution in [2.45, 2.75) is 32.0 Å². The van der Waals surface area contributed by atoms with Crippen LogP contribution in [0.1, 0.15) is 25.3 Å². The average Bonchev–Trinajstić information content (AvgIpc) is 2.44. The summed E-state index contributed by atoms with van der Waals surface area (Å²) in [5, 5.41) is 11.3. The van der Waals surface area contributed by atoms with Gasteiger partial charge in [0.25, 0.3) is 0 Å². The summed E-state index contributed by atoms with van der Waals surface area (Å²) in [7, 11) is 0. The van der Waals surface area contributed by atoms with Crippen LogP contribution in [-0.4, -0.2) is 29.8 Å². The highest BCUT2D eigenvalue weighted by molar-refractivity contribution is 5.96. The van der Waals surface area contributed by atoms with Crippen LogP contribution in [0.3, 0.4) is 0 Å². The van der Waals surface area contributed by atoms with Gasteiger partial charge in [0.15, 0.2) is 0 Å². The van der Waals surface area contributed by atoms with Gasteiger partial charge in [-0.3, -0.25) is 4.79 Å². The molecule has 21 heavy (non-hydrogen) atoms. The summed E-state index contributed by atoms with van der Waals surface area (Å²) in [6.45, 7) is 1.65. The van der Waals surface area contributed by atoms with Crippen LogP contribution in [0.4, 0.5) is 13.2 Å². The summed E-state index contributed by atoms with van der Waals surface area (Å²) in [6, 6.07) is 6.83. The minimum absolute atomic E-state index is 0.0599. The molecule has 0 radical (unpaired) electrons. The molecule has 0 saturated heterocycles. The Balaban J connectivity index is 2.96. The topological polar surface area (TPSA) is 49.3 Å². The van der Waals surface area contributed by atoms with Crippen molar-refractivity contribution in [2.75, 3.05) is 6.61 Å². The third-order valence-electron chi connectivity index (χ3n) is 2.98. The van der Waals surface area contributed by atoms with Crippen molar-refractivity contribution in [3.05, 3.63) is 42.0 Å². The molecule has 1 rings (SSSR count). The predicted molar refractivity (Wildman–Crippen MR) is 74.4 cm³/mol. The van der Waals surface area contributed by atoms with Gasteiger partial charge >= 0.3 is 6.18 Å². The maximum Gasteiger partial charge on any atom is 0.417 e. The summed E-state index contributed by atoms with van der Waals surface area (Å²) in [6.07, 6.45) is -3.21. The van der Waals surface area contributed by atoms with E-state index in [0.29, 0.717) is 18.9 Å². The zero-order valence-corrected chi connectivity index (χ0v) is 11.7. The first kappa shape index (κ1) is 17.2. The number of halogens is 3. The molecule has 3 nitrogen and oxygen atoms in total. The molecule has 0 heterocycles.